The highest BCUT2D eigenvalue weighted by atomic mass is 79.9. The van der Waals surface area contributed by atoms with Crippen LogP contribution in [0, 0.1) is 5.92 Å². The fourth-order valence-electron chi connectivity index (χ4n) is 3.33. The number of fused-ring (bicyclic) bond motifs is 3. The van der Waals surface area contributed by atoms with Gasteiger partial charge in [0.1, 0.15) is 17.6 Å². The molecular weight excluding hydrogens is 340 g/mol. The van der Waals surface area contributed by atoms with Gasteiger partial charge in [-0.05, 0) is 52.2 Å². The molecule has 0 fully saturated rings. The standard InChI is InChI=1S/C19H17BrO2/c20-17-6-2-4-8-19(17)22-14-10-9-13-12-21-18-7-3-1-5-15(18)16(13)11-14/h1-10,13-14,16H,11-12H2/t13-,14-,16-/m1/s1. The van der Waals surface area contributed by atoms with Crippen molar-refractivity contribution in [2.45, 2.75) is 18.4 Å². The molecule has 22 heavy (non-hydrogen) atoms. The van der Waals surface area contributed by atoms with Crippen LogP contribution in [0.5, 0.6) is 11.5 Å². The molecule has 2 aromatic rings. The summed E-state index contributed by atoms with van der Waals surface area (Å²) in [5.74, 6) is 2.85. The molecule has 0 N–H and O–H groups in total. The van der Waals surface area contributed by atoms with E-state index in [-0.39, 0.29) is 6.10 Å². The van der Waals surface area contributed by atoms with Crippen molar-refractivity contribution >= 4 is 15.9 Å². The molecule has 4 rings (SSSR count). The van der Waals surface area contributed by atoms with E-state index in [1.54, 1.807) is 0 Å². The molecular formula is C19H17BrO2. The Hall–Kier alpha value is -1.74. The highest BCUT2D eigenvalue weighted by Crippen LogP contribution is 2.43. The van der Waals surface area contributed by atoms with Crippen molar-refractivity contribution in [2.75, 3.05) is 6.61 Å². The number of benzene rings is 2. The van der Waals surface area contributed by atoms with Gasteiger partial charge in [0.25, 0.3) is 0 Å². The van der Waals surface area contributed by atoms with E-state index in [4.69, 9.17) is 9.47 Å². The maximum atomic E-state index is 6.18. The molecule has 0 bridgehead atoms. The first-order valence-electron chi connectivity index (χ1n) is 7.62. The lowest BCUT2D eigenvalue weighted by atomic mass is 9.77. The molecule has 1 aliphatic heterocycles. The topological polar surface area (TPSA) is 18.5 Å². The van der Waals surface area contributed by atoms with Gasteiger partial charge in [0.05, 0.1) is 11.1 Å². The third-order valence-electron chi connectivity index (χ3n) is 4.44. The predicted molar refractivity (Wildman–Crippen MR) is 90.5 cm³/mol. The third-order valence-corrected chi connectivity index (χ3v) is 5.10. The maximum Gasteiger partial charge on any atom is 0.134 e. The molecule has 0 amide bonds. The SMILES string of the molecule is Brc1ccccc1O[C@@H]1C=C[C@@H]2COc3ccccc3[C@@H]2C1. The van der Waals surface area contributed by atoms with Crippen LogP contribution in [0.4, 0.5) is 0 Å². The van der Waals surface area contributed by atoms with Crippen LogP contribution in [0.25, 0.3) is 0 Å². The zero-order valence-electron chi connectivity index (χ0n) is 12.1. The summed E-state index contributed by atoms with van der Waals surface area (Å²) in [4.78, 5) is 0. The molecule has 2 aliphatic rings. The maximum absolute atomic E-state index is 6.18. The number of hydrogen-bond donors (Lipinski definition) is 0. The summed E-state index contributed by atoms with van der Waals surface area (Å²) in [5.41, 5.74) is 1.31. The average molecular weight is 357 g/mol. The molecule has 3 atom stereocenters. The van der Waals surface area contributed by atoms with E-state index >= 15 is 0 Å². The zero-order chi connectivity index (χ0) is 14.9. The smallest absolute Gasteiger partial charge is 0.134 e. The number of ether oxygens (including phenoxy) is 2. The van der Waals surface area contributed by atoms with Crippen LogP contribution < -0.4 is 9.47 Å². The largest absolute Gasteiger partial charge is 0.493 e. The lowest BCUT2D eigenvalue weighted by Crippen LogP contribution is -2.32. The molecule has 1 aliphatic carbocycles. The number of halogens is 1. The van der Waals surface area contributed by atoms with E-state index in [1.807, 2.05) is 30.3 Å². The van der Waals surface area contributed by atoms with Crippen molar-refractivity contribution in [3.8, 4) is 11.5 Å². The first kappa shape index (κ1) is 13.9. The number of para-hydroxylation sites is 2. The van der Waals surface area contributed by atoms with Crippen LogP contribution in [0.1, 0.15) is 17.9 Å². The second-order valence-electron chi connectivity index (χ2n) is 5.83. The van der Waals surface area contributed by atoms with E-state index in [0.29, 0.717) is 11.8 Å². The summed E-state index contributed by atoms with van der Waals surface area (Å²) in [6.45, 7) is 0.764. The molecule has 0 saturated carbocycles. The van der Waals surface area contributed by atoms with Crippen LogP contribution in [0.2, 0.25) is 0 Å². The molecule has 0 spiro atoms. The third kappa shape index (κ3) is 2.54. The van der Waals surface area contributed by atoms with Crippen LogP contribution >= 0.6 is 15.9 Å². The molecule has 0 saturated heterocycles. The lowest BCUT2D eigenvalue weighted by Gasteiger charge is -2.36. The Morgan fingerprint density at radius 2 is 1.82 bits per heavy atom. The van der Waals surface area contributed by atoms with Crippen molar-refractivity contribution in [1.29, 1.82) is 0 Å². The van der Waals surface area contributed by atoms with E-state index in [9.17, 15) is 0 Å². The van der Waals surface area contributed by atoms with E-state index < -0.39 is 0 Å². The molecule has 3 heteroatoms. The predicted octanol–water partition coefficient (Wildman–Crippen LogP) is 4.95. The Labute approximate surface area is 138 Å². The van der Waals surface area contributed by atoms with Crippen molar-refractivity contribution in [1.82, 2.24) is 0 Å². The summed E-state index contributed by atoms with van der Waals surface area (Å²) >= 11 is 3.55. The Balaban J connectivity index is 1.58. The summed E-state index contributed by atoms with van der Waals surface area (Å²) in [5, 5.41) is 0. The Morgan fingerprint density at radius 3 is 2.73 bits per heavy atom. The van der Waals surface area contributed by atoms with Crippen LogP contribution in [-0.2, 0) is 0 Å². The molecule has 0 radical (unpaired) electrons. The van der Waals surface area contributed by atoms with E-state index in [2.05, 4.69) is 46.3 Å². The van der Waals surface area contributed by atoms with E-state index in [1.165, 1.54) is 5.56 Å². The van der Waals surface area contributed by atoms with Crippen molar-refractivity contribution in [3.63, 3.8) is 0 Å². The minimum atomic E-state index is 0.103. The minimum absolute atomic E-state index is 0.103. The average Bonchev–Trinajstić information content (AvgIpc) is 2.57. The summed E-state index contributed by atoms with van der Waals surface area (Å²) in [6.07, 6.45) is 5.53. The summed E-state index contributed by atoms with van der Waals surface area (Å²) < 4.78 is 13.0. The first-order valence-corrected chi connectivity index (χ1v) is 8.42. The Kier molecular flexibility index (Phi) is 3.67. The van der Waals surface area contributed by atoms with Crippen LogP contribution in [0.15, 0.2) is 65.2 Å². The van der Waals surface area contributed by atoms with Gasteiger partial charge in [-0.25, -0.2) is 0 Å². The summed E-state index contributed by atoms with van der Waals surface area (Å²) in [6, 6.07) is 16.4. The van der Waals surface area contributed by atoms with Gasteiger partial charge in [0.15, 0.2) is 0 Å². The van der Waals surface area contributed by atoms with Gasteiger partial charge in [-0.2, -0.15) is 0 Å². The quantitative estimate of drug-likeness (QED) is 0.708. The molecule has 0 aromatic heterocycles. The summed E-state index contributed by atoms with van der Waals surface area (Å²) in [7, 11) is 0. The molecule has 0 unspecified atom stereocenters. The van der Waals surface area contributed by atoms with Crippen molar-refractivity contribution in [2.24, 2.45) is 5.92 Å². The van der Waals surface area contributed by atoms with Crippen LogP contribution in [0.3, 0.4) is 0 Å². The van der Waals surface area contributed by atoms with E-state index in [0.717, 1.165) is 29.0 Å². The highest BCUT2D eigenvalue weighted by Gasteiger charge is 2.34. The minimum Gasteiger partial charge on any atom is -0.493 e. The molecule has 1 heterocycles. The second-order valence-corrected chi connectivity index (χ2v) is 6.68. The zero-order valence-corrected chi connectivity index (χ0v) is 13.7. The number of hydrogen-bond acceptors (Lipinski definition) is 2. The lowest BCUT2D eigenvalue weighted by molar-refractivity contribution is 0.161. The molecule has 2 aromatic carbocycles. The van der Waals surface area contributed by atoms with Gasteiger partial charge >= 0.3 is 0 Å². The van der Waals surface area contributed by atoms with Crippen molar-refractivity contribution in [3.05, 3.63) is 70.7 Å². The van der Waals surface area contributed by atoms with Gasteiger partial charge in [-0.1, -0.05) is 36.4 Å². The van der Waals surface area contributed by atoms with Gasteiger partial charge in [-0.15, -0.1) is 0 Å². The van der Waals surface area contributed by atoms with Crippen LogP contribution in [-0.4, -0.2) is 12.7 Å². The van der Waals surface area contributed by atoms with Gasteiger partial charge in [-0.3, -0.25) is 0 Å². The first-order chi connectivity index (χ1) is 10.8. The normalized spacial score (nSPS) is 25.8. The fraction of sp³-hybridized carbons (Fsp3) is 0.263. The van der Waals surface area contributed by atoms with Crippen molar-refractivity contribution < 1.29 is 9.47 Å². The molecule has 2 nitrogen and oxygen atoms in total. The van der Waals surface area contributed by atoms with Gasteiger partial charge < -0.3 is 9.47 Å². The molecule has 112 valence electrons. The fourth-order valence-corrected chi connectivity index (χ4v) is 3.71. The number of rotatable bonds is 2. The van der Waals surface area contributed by atoms with Gasteiger partial charge in [0, 0.05) is 11.8 Å². The second kappa shape index (κ2) is 5.81. The Morgan fingerprint density at radius 1 is 1.00 bits per heavy atom. The van der Waals surface area contributed by atoms with Gasteiger partial charge in [0.2, 0.25) is 0 Å². The highest BCUT2D eigenvalue weighted by molar-refractivity contribution is 9.10. The Bertz CT molecular complexity index is 710. The monoisotopic (exact) mass is 356 g/mol.